The maximum absolute atomic E-state index is 11.8. The molecule has 2 aromatic rings. The van der Waals surface area contributed by atoms with Crippen LogP contribution in [0, 0.1) is 6.92 Å². The molecule has 18 heavy (non-hydrogen) atoms. The molecule has 6 nitrogen and oxygen atoms in total. The number of aryl methyl sites for hydroxylation is 2. The first-order valence-corrected chi connectivity index (χ1v) is 6.31. The summed E-state index contributed by atoms with van der Waals surface area (Å²) < 4.78 is 1.62. The third-order valence-electron chi connectivity index (χ3n) is 2.47. The van der Waals surface area contributed by atoms with Gasteiger partial charge in [0.05, 0.1) is 17.7 Å². The van der Waals surface area contributed by atoms with Crippen molar-refractivity contribution in [3.8, 4) is 0 Å². The highest BCUT2D eigenvalue weighted by Crippen LogP contribution is 2.12. The van der Waals surface area contributed by atoms with E-state index in [0.29, 0.717) is 12.1 Å². The fourth-order valence-corrected chi connectivity index (χ4v) is 2.26. The number of nitrogens with zero attached hydrogens (tertiary/aromatic N) is 3. The van der Waals surface area contributed by atoms with Crippen molar-refractivity contribution in [1.82, 2.24) is 20.1 Å². The van der Waals surface area contributed by atoms with Crippen molar-refractivity contribution in [3.05, 3.63) is 34.0 Å². The van der Waals surface area contributed by atoms with Crippen molar-refractivity contribution in [3.63, 3.8) is 0 Å². The second-order valence-electron chi connectivity index (χ2n) is 3.99. The molecule has 0 radical (unpaired) electrons. The van der Waals surface area contributed by atoms with Crippen molar-refractivity contribution >= 4 is 17.2 Å². The summed E-state index contributed by atoms with van der Waals surface area (Å²) in [7, 11) is 1.79. The minimum atomic E-state index is -0.687. The average molecular weight is 265 g/mol. The normalized spacial score (nSPS) is 12.4. The van der Waals surface area contributed by atoms with E-state index in [-0.39, 0.29) is 5.91 Å². The highest BCUT2D eigenvalue weighted by atomic mass is 32.1. The predicted molar refractivity (Wildman–Crippen MR) is 68.8 cm³/mol. The molecule has 1 unspecified atom stereocenters. The number of carbonyl (C=O) groups is 1. The lowest BCUT2D eigenvalue weighted by Gasteiger charge is -2.09. The molecule has 0 fully saturated rings. The van der Waals surface area contributed by atoms with Crippen molar-refractivity contribution in [2.24, 2.45) is 12.8 Å². The SMILES string of the molecule is Cc1ncc(CNC(=O)C(N)c2cnn(C)c2)s1. The highest BCUT2D eigenvalue weighted by Gasteiger charge is 2.17. The van der Waals surface area contributed by atoms with Crippen LogP contribution >= 0.6 is 11.3 Å². The van der Waals surface area contributed by atoms with Crippen LogP contribution in [0.15, 0.2) is 18.6 Å². The molecule has 0 aliphatic heterocycles. The van der Waals surface area contributed by atoms with E-state index < -0.39 is 6.04 Å². The molecule has 0 saturated heterocycles. The molecule has 0 aliphatic rings. The van der Waals surface area contributed by atoms with Crippen LogP contribution in [0.4, 0.5) is 0 Å². The molecule has 0 bridgehead atoms. The number of amides is 1. The zero-order valence-electron chi connectivity index (χ0n) is 10.3. The molecule has 2 rings (SSSR count). The first-order chi connectivity index (χ1) is 8.56. The van der Waals surface area contributed by atoms with Crippen LogP contribution < -0.4 is 11.1 Å². The van der Waals surface area contributed by atoms with Gasteiger partial charge in [-0.25, -0.2) is 4.98 Å². The van der Waals surface area contributed by atoms with E-state index >= 15 is 0 Å². The number of hydrogen-bond donors (Lipinski definition) is 2. The van der Waals surface area contributed by atoms with E-state index in [2.05, 4.69) is 15.4 Å². The Morgan fingerprint density at radius 1 is 1.61 bits per heavy atom. The Labute approximate surface area is 109 Å². The molecular formula is C11H15N5OS. The summed E-state index contributed by atoms with van der Waals surface area (Å²) >= 11 is 1.56. The van der Waals surface area contributed by atoms with Crippen LogP contribution in [-0.2, 0) is 18.4 Å². The van der Waals surface area contributed by atoms with E-state index in [1.54, 1.807) is 41.7 Å². The molecular weight excluding hydrogens is 250 g/mol. The van der Waals surface area contributed by atoms with Crippen LogP contribution in [0.3, 0.4) is 0 Å². The lowest BCUT2D eigenvalue weighted by atomic mass is 10.1. The monoisotopic (exact) mass is 265 g/mol. The summed E-state index contributed by atoms with van der Waals surface area (Å²) in [5.41, 5.74) is 6.55. The van der Waals surface area contributed by atoms with Crippen molar-refractivity contribution in [2.45, 2.75) is 19.5 Å². The number of aromatic nitrogens is 3. The van der Waals surface area contributed by atoms with Crippen molar-refractivity contribution in [1.29, 1.82) is 0 Å². The molecule has 0 aromatic carbocycles. The van der Waals surface area contributed by atoms with Gasteiger partial charge in [-0.1, -0.05) is 0 Å². The zero-order valence-corrected chi connectivity index (χ0v) is 11.1. The van der Waals surface area contributed by atoms with Gasteiger partial charge in [0.25, 0.3) is 0 Å². The second kappa shape index (κ2) is 5.28. The molecule has 7 heteroatoms. The first-order valence-electron chi connectivity index (χ1n) is 5.49. The van der Waals surface area contributed by atoms with Gasteiger partial charge in [0, 0.05) is 29.9 Å². The van der Waals surface area contributed by atoms with Gasteiger partial charge in [0.1, 0.15) is 6.04 Å². The van der Waals surface area contributed by atoms with Crippen LogP contribution in [-0.4, -0.2) is 20.7 Å². The Balaban J connectivity index is 1.92. The van der Waals surface area contributed by atoms with Crippen LogP contribution in [0.25, 0.3) is 0 Å². The fraction of sp³-hybridized carbons (Fsp3) is 0.364. The Bertz CT molecular complexity index is 547. The van der Waals surface area contributed by atoms with Gasteiger partial charge in [-0.3, -0.25) is 9.48 Å². The Morgan fingerprint density at radius 3 is 2.94 bits per heavy atom. The van der Waals surface area contributed by atoms with E-state index in [1.807, 2.05) is 6.92 Å². The van der Waals surface area contributed by atoms with Gasteiger partial charge in [-0.2, -0.15) is 5.10 Å². The Morgan fingerprint density at radius 2 is 2.39 bits per heavy atom. The molecule has 0 spiro atoms. The van der Waals surface area contributed by atoms with Crippen LogP contribution in [0.2, 0.25) is 0 Å². The highest BCUT2D eigenvalue weighted by molar-refractivity contribution is 7.11. The number of carbonyl (C=O) groups excluding carboxylic acids is 1. The Kier molecular flexibility index (Phi) is 3.73. The minimum absolute atomic E-state index is 0.214. The summed E-state index contributed by atoms with van der Waals surface area (Å²) in [5, 5.41) is 7.76. The van der Waals surface area contributed by atoms with Crippen LogP contribution in [0.1, 0.15) is 21.5 Å². The number of hydrogen-bond acceptors (Lipinski definition) is 5. The largest absolute Gasteiger partial charge is 0.349 e. The molecule has 3 N–H and O–H groups in total. The molecule has 2 aromatic heterocycles. The minimum Gasteiger partial charge on any atom is -0.349 e. The molecule has 1 amide bonds. The maximum Gasteiger partial charge on any atom is 0.241 e. The lowest BCUT2D eigenvalue weighted by Crippen LogP contribution is -2.33. The quantitative estimate of drug-likeness (QED) is 0.843. The summed E-state index contributed by atoms with van der Waals surface area (Å²) in [6.45, 7) is 2.38. The number of nitrogens with one attached hydrogen (secondary N) is 1. The standard InChI is InChI=1S/C11H15N5OS/c1-7-13-4-9(18-7)5-14-11(17)10(12)8-3-15-16(2)6-8/h3-4,6,10H,5,12H2,1-2H3,(H,14,17). The van der Waals surface area contributed by atoms with E-state index in [1.165, 1.54) is 0 Å². The molecule has 2 heterocycles. The topological polar surface area (TPSA) is 85.8 Å². The van der Waals surface area contributed by atoms with Gasteiger partial charge in [-0.15, -0.1) is 11.3 Å². The molecule has 96 valence electrons. The number of nitrogens with two attached hydrogens (primary N) is 1. The van der Waals surface area contributed by atoms with E-state index in [9.17, 15) is 4.79 Å². The van der Waals surface area contributed by atoms with Crippen molar-refractivity contribution in [2.75, 3.05) is 0 Å². The fourth-order valence-electron chi connectivity index (χ4n) is 1.52. The summed E-state index contributed by atoms with van der Waals surface area (Å²) in [4.78, 5) is 17.0. The maximum atomic E-state index is 11.8. The molecule has 0 aliphatic carbocycles. The van der Waals surface area contributed by atoms with E-state index in [0.717, 1.165) is 9.88 Å². The van der Waals surface area contributed by atoms with Crippen molar-refractivity contribution < 1.29 is 4.79 Å². The number of rotatable bonds is 4. The van der Waals surface area contributed by atoms with Gasteiger partial charge in [0.15, 0.2) is 0 Å². The molecule has 0 saturated carbocycles. The molecule has 1 atom stereocenters. The lowest BCUT2D eigenvalue weighted by molar-refractivity contribution is -0.122. The van der Waals surface area contributed by atoms with E-state index in [4.69, 9.17) is 5.73 Å². The van der Waals surface area contributed by atoms with Crippen LogP contribution in [0.5, 0.6) is 0 Å². The van der Waals surface area contributed by atoms with Gasteiger partial charge < -0.3 is 11.1 Å². The third-order valence-corrected chi connectivity index (χ3v) is 3.39. The van der Waals surface area contributed by atoms with Gasteiger partial charge in [-0.05, 0) is 6.92 Å². The van der Waals surface area contributed by atoms with Gasteiger partial charge in [0.2, 0.25) is 5.91 Å². The summed E-state index contributed by atoms with van der Waals surface area (Å²) in [6, 6.07) is -0.687. The predicted octanol–water partition coefficient (Wildman–Crippen LogP) is 0.501. The average Bonchev–Trinajstić information content (AvgIpc) is 2.94. The smallest absolute Gasteiger partial charge is 0.241 e. The third kappa shape index (κ3) is 2.93. The van der Waals surface area contributed by atoms with Gasteiger partial charge >= 0.3 is 0 Å². The first kappa shape index (κ1) is 12.7. The number of thiazole rings is 1. The summed E-state index contributed by atoms with van der Waals surface area (Å²) in [5.74, 6) is -0.214. The second-order valence-corrected chi connectivity index (χ2v) is 5.31. The summed E-state index contributed by atoms with van der Waals surface area (Å²) in [6.07, 6.45) is 5.10. The Hall–Kier alpha value is -1.73. The zero-order chi connectivity index (χ0) is 13.1.